The molecule has 2 aliphatic heterocycles. The normalized spacial score (nSPS) is 27.7. The van der Waals surface area contributed by atoms with Crippen molar-refractivity contribution in [1.29, 1.82) is 0 Å². The van der Waals surface area contributed by atoms with Crippen LogP contribution in [0.3, 0.4) is 0 Å². The lowest BCUT2D eigenvalue weighted by atomic mass is 9.84. The van der Waals surface area contributed by atoms with Crippen LogP contribution in [-0.4, -0.2) is 41.6 Å². The molecule has 1 N–H and O–H groups in total. The minimum absolute atomic E-state index is 0.0649. The van der Waals surface area contributed by atoms with Crippen LogP contribution in [0.1, 0.15) is 77.6 Å². The predicted molar refractivity (Wildman–Crippen MR) is 115 cm³/mol. The average molecular weight is 384 g/mol. The first-order valence-corrected chi connectivity index (χ1v) is 11.6. The van der Waals surface area contributed by atoms with Gasteiger partial charge in [-0.25, -0.2) is 0 Å². The van der Waals surface area contributed by atoms with Gasteiger partial charge < -0.3 is 15.1 Å². The Hall–Kier alpha value is -1.55. The summed E-state index contributed by atoms with van der Waals surface area (Å²) in [5.41, 5.74) is 0.799. The molecule has 1 aliphatic carbocycles. The highest BCUT2D eigenvalue weighted by Gasteiger charge is 2.53. The maximum atomic E-state index is 13.0. The van der Waals surface area contributed by atoms with Crippen molar-refractivity contribution in [2.24, 2.45) is 0 Å². The molecule has 4 heteroatoms. The molecule has 154 valence electrons. The number of anilines is 1. The molecule has 1 aromatic carbocycles. The standard InChI is InChI=1S/C24H37N3O/c1-20-25-23(28)24(27(20)22-14-10-7-11-15-22)16-18-26(19-17-24)21-12-8-5-3-2-4-6-9-13-21/h7,10-11,14-15,20-21H,2-6,8-9,12-13,16-19H2,1H3,(H,25,28)/t20-/m1/s1. The maximum absolute atomic E-state index is 13.0. The molecule has 1 aromatic rings. The van der Waals surface area contributed by atoms with Crippen LogP contribution in [0.25, 0.3) is 0 Å². The number of carbonyl (C=O) groups is 1. The average Bonchev–Trinajstić information content (AvgIpc) is 2.96. The third kappa shape index (κ3) is 3.94. The molecule has 1 spiro atoms. The number of nitrogens with one attached hydrogen (secondary N) is 1. The number of likely N-dealkylation sites (tertiary alicyclic amines) is 1. The van der Waals surface area contributed by atoms with Gasteiger partial charge in [0.15, 0.2) is 0 Å². The van der Waals surface area contributed by atoms with Crippen molar-refractivity contribution in [3.05, 3.63) is 30.3 Å². The van der Waals surface area contributed by atoms with Crippen LogP contribution in [0.4, 0.5) is 5.69 Å². The summed E-state index contributed by atoms with van der Waals surface area (Å²) in [7, 11) is 0. The summed E-state index contributed by atoms with van der Waals surface area (Å²) in [6, 6.07) is 11.2. The lowest BCUT2D eigenvalue weighted by Crippen LogP contribution is -2.58. The van der Waals surface area contributed by atoms with Gasteiger partial charge in [-0.2, -0.15) is 0 Å². The number of amides is 1. The molecule has 0 unspecified atom stereocenters. The van der Waals surface area contributed by atoms with Crippen molar-refractivity contribution >= 4 is 11.6 Å². The molecule has 1 saturated carbocycles. The monoisotopic (exact) mass is 383 g/mol. The molecule has 3 aliphatic rings. The Morgan fingerprint density at radius 2 is 1.46 bits per heavy atom. The minimum Gasteiger partial charge on any atom is -0.337 e. The van der Waals surface area contributed by atoms with Crippen LogP contribution in [0.2, 0.25) is 0 Å². The summed E-state index contributed by atoms with van der Waals surface area (Å²) >= 11 is 0. The van der Waals surface area contributed by atoms with Gasteiger partial charge >= 0.3 is 0 Å². The number of benzene rings is 1. The van der Waals surface area contributed by atoms with Gasteiger partial charge in [0.1, 0.15) is 5.54 Å². The Morgan fingerprint density at radius 3 is 2.07 bits per heavy atom. The van der Waals surface area contributed by atoms with Crippen molar-refractivity contribution in [2.75, 3.05) is 18.0 Å². The molecule has 0 aromatic heterocycles. The Kier molecular flexibility index (Phi) is 6.25. The molecule has 0 bridgehead atoms. The summed E-state index contributed by atoms with van der Waals surface area (Å²) in [4.78, 5) is 18.1. The third-order valence-corrected chi connectivity index (χ3v) is 7.36. The number of para-hydroxylation sites is 1. The van der Waals surface area contributed by atoms with E-state index in [0.29, 0.717) is 0 Å². The molecule has 0 radical (unpaired) electrons. The number of carbonyl (C=O) groups excluding carboxylic acids is 1. The topological polar surface area (TPSA) is 35.6 Å². The first kappa shape index (κ1) is 19.8. The van der Waals surface area contributed by atoms with E-state index in [1.165, 1.54) is 63.5 Å². The maximum Gasteiger partial charge on any atom is 0.247 e. The van der Waals surface area contributed by atoms with Crippen LogP contribution >= 0.6 is 0 Å². The zero-order chi connectivity index (χ0) is 19.4. The van der Waals surface area contributed by atoms with E-state index < -0.39 is 0 Å². The Morgan fingerprint density at radius 1 is 0.893 bits per heavy atom. The minimum atomic E-state index is -0.368. The SMILES string of the molecule is C[C@@H]1NC(=O)C2(CCN(C3CCCCCCCCC3)CC2)N1c1ccccc1. The van der Waals surface area contributed by atoms with Gasteiger partial charge in [0, 0.05) is 24.8 Å². The van der Waals surface area contributed by atoms with Crippen LogP contribution in [0.5, 0.6) is 0 Å². The molecule has 2 heterocycles. The van der Waals surface area contributed by atoms with Crippen molar-refractivity contribution in [1.82, 2.24) is 10.2 Å². The Labute approximate surface area is 170 Å². The lowest BCUT2D eigenvalue weighted by Gasteiger charge is -2.46. The molecular weight excluding hydrogens is 346 g/mol. The van der Waals surface area contributed by atoms with E-state index in [4.69, 9.17) is 0 Å². The van der Waals surface area contributed by atoms with E-state index in [-0.39, 0.29) is 17.6 Å². The van der Waals surface area contributed by atoms with Crippen molar-refractivity contribution < 1.29 is 4.79 Å². The van der Waals surface area contributed by atoms with Gasteiger partial charge in [0.2, 0.25) is 5.91 Å². The molecule has 4 rings (SSSR count). The summed E-state index contributed by atoms with van der Waals surface area (Å²) in [6.07, 6.45) is 14.4. The molecule has 4 nitrogen and oxygen atoms in total. The zero-order valence-electron chi connectivity index (χ0n) is 17.5. The number of rotatable bonds is 2. The fourth-order valence-corrected chi connectivity index (χ4v) is 5.81. The van der Waals surface area contributed by atoms with Gasteiger partial charge in [0.25, 0.3) is 0 Å². The van der Waals surface area contributed by atoms with E-state index in [2.05, 4.69) is 46.3 Å². The van der Waals surface area contributed by atoms with Crippen molar-refractivity contribution in [3.8, 4) is 0 Å². The molecule has 1 atom stereocenters. The number of hydrogen-bond donors (Lipinski definition) is 1. The van der Waals surface area contributed by atoms with Gasteiger partial charge in [0.05, 0.1) is 6.17 Å². The fourth-order valence-electron chi connectivity index (χ4n) is 5.81. The summed E-state index contributed by atoms with van der Waals surface area (Å²) in [5, 5.41) is 3.22. The second-order valence-corrected chi connectivity index (χ2v) is 9.13. The fraction of sp³-hybridized carbons (Fsp3) is 0.708. The van der Waals surface area contributed by atoms with E-state index in [1.807, 2.05) is 6.07 Å². The third-order valence-electron chi connectivity index (χ3n) is 7.36. The number of hydrogen-bond acceptors (Lipinski definition) is 3. The van der Waals surface area contributed by atoms with Gasteiger partial charge in [-0.05, 0) is 44.7 Å². The molecule has 2 saturated heterocycles. The first-order valence-electron chi connectivity index (χ1n) is 11.6. The quantitative estimate of drug-likeness (QED) is 0.804. The van der Waals surface area contributed by atoms with Gasteiger partial charge in [-0.15, -0.1) is 0 Å². The summed E-state index contributed by atoms with van der Waals surface area (Å²) < 4.78 is 0. The highest BCUT2D eigenvalue weighted by Crippen LogP contribution is 2.39. The van der Waals surface area contributed by atoms with E-state index >= 15 is 0 Å². The summed E-state index contributed by atoms with van der Waals surface area (Å²) in [5.74, 6) is 0.231. The highest BCUT2D eigenvalue weighted by molar-refractivity contribution is 5.94. The van der Waals surface area contributed by atoms with E-state index in [1.54, 1.807) is 0 Å². The van der Waals surface area contributed by atoms with Gasteiger partial charge in [-0.1, -0.05) is 63.1 Å². The van der Waals surface area contributed by atoms with Gasteiger partial charge in [-0.3, -0.25) is 4.79 Å². The van der Waals surface area contributed by atoms with Crippen LogP contribution in [0, 0.1) is 0 Å². The molecule has 28 heavy (non-hydrogen) atoms. The second-order valence-electron chi connectivity index (χ2n) is 9.13. The van der Waals surface area contributed by atoms with Crippen LogP contribution in [-0.2, 0) is 4.79 Å². The predicted octanol–water partition coefficient (Wildman–Crippen LogP) is 4.70. The second kappa shape index (κ2) is 8.86. The van der Waals surface area contributed by atoms with Crippen LogP contribution < -0.4 is 10.2 Å². The lowest BCUT2D eigenvalue weighted by molar-refractivity contribution is -0.125. The van der Waals surface area contributed by atoms with Crippen molar-refractivity contribution in [2.45, 2.75) is 95.3 Å². The van der Waals surface area contributed by atoms with E-state index in [0.717, 1.165) is 32.0 Å². The Bertz CT molecular complexity index is 629. The summed E-state index contributed by atoms with van der Waals surface area (Å²) in [6.45, 7) is 4.22. The largest absolute Gasteiger partial charge is 0.337 e. The first-order chi connectivity index (χ1) is 13.7. The van der Waals surface area contributed by atoms with E-state index in [9.17, 15) is 4.79 Å². The molecule has 3 fully saturated rings. The van der Waals surface area contributed by atoms with Crippen LogP contribution in [0.15, 0.2) is 30.3 Å². The Balaban J connectivity index is 1.45. The molecule has 1 amide bonds. The highest BCUT2D eigenvalue weighted by atomic mass is 16.2. The number of nitrogens with zero attached hydrogens (tertiary/aromatic N) is 2. The zero-order valence-corrected chi connectivity index (χ0v) is 17.5. The number of piperidine rings is 1. The molecular formula is C24H37N3O. The van der Waals surface area contributed by atoms with Crippen molar-refractivity contribution in [3.63, 3.8) is 0 Å². The smallest absolute Gasteiger partial charge is 0.247 e.